The van der Waals surface area contributed by atoms with Crippen molar-refractivity contribution >= 4 is 34.9 Å². The van der Waals surface area contributed by atoms with Gasteiger partial charge < -0.3 is 4.74 Å². The summed E-state index contributed by atoms with van der Waals surface area (Å²) >= 11 is 1.42. The fourth-order valence-electron chi connectivity index (χ4n) is 4.26. The van der Waals surface area contributed by atoms with E-state index >= 15 is 0 Å². The minimum Gasteiger partial charge on any atom is -0.459 e. The predicted molar refractivity (Wildman–Crippen MR) is 137 cm³/mol. The van der Waals surface area contributed by atoms with Crippen molar-refractivity contribution in [2.75, 3.05) is 4.90 Å². The first-order valence-electron chi connectivity index (χ1n) is 12.3. The summed E-state index contributed by atoms with van der Waals surface area (Å²) in [7, 11) is 0. The zero-order chi connectivity index (χ0) is 24.7. The van der Waals surface area contributed by atoms with Crippen LogP contribution >= 0.6 is 11.3 Å². The first kappa shape index (κ1) is 25.9. The van der Waals surface area contributed by atoms with E-state index in [4.69, 9.17) is 4.74 Å². The monoisotopic (exact) mass is 484 g/mol. The number of hydrogen-bond acceptors (Lipinski definition) is 5. The summed E-state index contributed by atoms with van der Waals surface area (Å²) in [5.74, 6) is -0.0883. The molecule has 34 heavy (non-hydrogen) atoms. The van der Waals surface area contributed by atoms with E-state index in [9.17, 15) is 14.4 Å². The molecule has 6 nitrogen and oxygen atoms in total. The van der Waals surface area contributed by atoms with E-state index in [1.54, 1.807) is 11.0 Å². The third-order valence-corrected chi connectivity index (χ3v) is 7.28. The van der Waals surface area contributed by atoms with E-state index < -0.39 is 6.04 Å². The van der Waals surface area contributed by atoms with Crippen molar-refractivity contribution < 1.29 is 19.1 Å². The van der Waals surface area contributed by atoms with Gasteiger partial charge in [0, 0.05) is 10.6 Å². The van der Waals surface area contributed by atoms with Crippen LogP contribution in [0.3, 0.4) is 0 Å². The lowest BCUT2D eigenvalue weighted by atomic mass is 9.95. The molecule has 1 aromatic heterocycles. The largest absolute Gasteiger partial charge is 0.459 e. The molecule has 1 aliphatic heterocycles. The molecule has 3 rings (SSSR count). The zero-order valence-corrected chi connectivity index (χ0v) is 21.5. The molecule has 7 heteroatoms. The SMILES string of the molecule is CCCCCC(C)c1ccc(N2C(=O)NC(=O)C2CCCc2ccc(C(=O)OC(C)C)s2)cc1. The van der Waals surface area contributed by atoms with Crippen LogP contribution in [0, 0.1) is 0 Å². The van der Waals surface area contributed by atoms with Gasteiger partial charge in [0.2, 0.25) is 0 Å². The van der Waals surface area contributed by atoms with Crippen molar-refractivity contribution in [3.63, 3.8) is 0 Å². The zero-order valence-electron chi connectivity index (χ0n) is 20.6. The van der Waals surface area contributed by atoms with Gasteiger partial charge in [0.05, 0.1) is 6.10 Å². The number of ether oxygens (including phenoxy) is 1. The van der Waals surface area contributed by atoms with Crippen LogP contribution in [0.25, 0.3) is 0 Å². The number of carbonyl (C=O) groups is 3. The maximum atomic E-state index is 12.5. The third-order valence-electron chi connectivity index (χ3n) is 6.15. The molecule has 0 radical (unpaired) electrons. The number of imide groups is 1. The minimum atomic E-state index is -0.523. The Morgan fingerprint density at radius 1 is 1.06 bits per heavy atom. The quantitative estimate of drug-likeness (QED) is 0.214. The van der Waals surface area contributed by atoms with Crippen LogP contribution < -0.4 is 10.2 Å². The number of urea groups is 1. The van der Waals surface area contributed by atoms with Gasteiger partial charge in [-0.3, -0.25) is 15.0 Å². The summed E-state index contributed by atoms with van der Waals surface area (Å²) in [6, 6.07) is 10.9. The van der Waals surface area contributed by atoms with Crippen LogP contribution in [-0.4, -0.2) is 30.1 Å². The molecule has 184 valence electrons. The van der Waals surface area contributed by atoms with Gasteiger partial charge in [-0.25, -0.2) is 9.59 Å². The fourth-order valence-corrected chi connectivity index (χ4v) is 5.19. The lowest BCUT2D eigenvalue weighted by Gasteiger charge is -2.22. The fraction of sp³-hybridized carbons (Fsp3) is 0.519. The molecule has 2 unspecified atom stereocenters. The Bertz CT molecular complexity index is 983. The smallest absolute Gasteiger partial charge is 0.348 e. The van der Waals surface area contributed by atoms with Crippen LogP contribution in [0.1, 0.15) is 92.3 Å². The first-order chi connectivity index (χ1) is 16.3. The number of nitrogens with one attached hydrogen (secondary N) is 1. The van der Waals surface area contributed by atoms with Crippen LogP contribution in [0.4, 0.5) is 10.5 Å². The molecular formula is C27H36N2O4S. The van der Waals surface area contributed by atoms with Gasteiger partial charge in [0.1, 0.15) is 10.9 Å². The van der Waals surface area contributed by atoms with Crippen molar-refractivity contribution in [3.8, 4) is 0 Å². The molecule has 1 saturated heterocycles. The minimum absolute atomic E-state index is 0.152. The summed E-state index contributed by atoms with van der Waals surface area (Å²) in [6.07, 6.45) is 6.69. The highest BCUT2D eigenvalue weighted by Crippen LogP contribution is 2.29. The van der Waals surface area contributed by atoms with Gasteiger partial charge in [-0.2, -0.15) is 0 Å². The van der Waals surface area contributed by atoms with Gasteiger partial charge in [0.15, 0.2) is 0 Å². The molecule has 0 aliphatic carbocycles. The van der Waals surface area contributed by atoms with Gasteiger partial charge >= 0.3 is 12.0 Å². The number of unbranched alkanes of at least 4 members (excludes halogenated alkanes) is 2. The molecule has 1 aliphatic rings. The lowest BCUT2D eigenvalue weighted by Crippen LogP contribution is -2.35. The predicted octanol–water partition coefficient (Wildman–Crippen LogP) is 6.44. The van der Waals surface area contributed by atoms with Crippen molar-refractivity contribution in [2.45, 2.75) is 90.7 Å². The number of aryl methyl sites for hydroxylation is 1. The Morgan fingerprint density at radius 2 is 1.79 bits per heavy atom. The number of rotatable bonds is 12. The van der Waals surface area contributed by atoms with Gasteiger partial charge in [-0.1, -0.05) is 45.2 Å². The number of amides is 3. The second-order valence-electron chi connectivity index (χ2n) is 9.28. The van der Waals surface area contributed by atoms with E-state index in [2.05, 4.69) is 31.3 Å². The number of nitrogens with zero attached hydrogens (tertiary/aromatic N) is 1. The Labute approximate surface area is 206 Å². The average molecular weight is 485 g/mol. The molecule has 1 N–H and O–H groups in total. The Morgan fingerprint density at radius 3 is 2.47 bits per heavy atom. The molecule has 1 aromatic carbocycles. The number of hydrogen-bond donors (Lipinski definition) is 1. The summed E-state index contributed by atoms with van der Waals surface area (Å²) in [5, 5.41) is 2.46. The van der Waals surface area contributed by atoms with E-state index in [1.165, 1.54) is 36.2 Å². The number of thiophene rings is 1. The Hall–Kier alpha value is -2.67. The number of benzene rings is 1. The van der Waals surface area contributed by atoms with Gasteiger partial charge in [-0.15, -0.1) is 11.3 Å². The van der Waals surface area contributed by atoms with Crippen LogP contribution in [0.15, 0.2) is 36.4 Å². The molecule has 0 spiro atoms. The van der Waals surface area contributed by atoms with E-state index in [1.807, 2.05) is 32.0 Å². The molecule has 0 bridgehead atoms. The van der Waals surface area contributed by atoms with Crippen molar-refractivity contribution in [1.82, 2.24) is 5.32 Å². The molecule has 1 fully saturated rings. The second kappa shape index (κ2) is 12.2. The molecule has 2 atom stereocenters. The van der Waals surface area contributed by atoms with Crippen LogP contribution in [0.5, 0.6) is 0 Å². The molecule has 3 amide bonds. The maximum Gasteiger partial charge on any atom is 0.348 e. The Kier molecular flexibility index (Phi) is 9.28. The molecule has 0 saturated carbocycles. The highest BCUT2D eigenvalue weighted by atomic mass is 32.1. The maximum absolute atomic E-state index is 12.5. The number of carbonyl (C=O) groups excluding carboxylic acids is 3. The van der Waals surface area contributed by atoms with Gasteiger partial charge in [0.25, 0.3) is 5.91 Å². The average Bonchev–Trinajstić information content (AvgIpc) is 3.38. The van der Waals surface area contributed by atoms with E-state index in [0.29, 0.717) is 17.2 Å². The highest BCUT2D eigenvalue weighted by molar-refractivity contribution is 7.13. The summed E-state index contributed by atoms with van der Waals surface area (Å²) < 4.78 is 5.25. The first-order valence-corrected chi connectivity index (χ1v) is 13.2. The van der Waals surface area contributed by atoms with Crippen molar-refractivity contribution in [1.29, 1.82) is 0 Å². The molecule has 2 aromatic rings. The summed E-state index contributed by atoms with van der Waals surface area (Å²) in [6.45, 7) is 8.10. The topological polar surface area (TPSA) is 75.7 Å². The molecular weight excluding hydrogens is 448 g/mol. The number of esters is 1. The molecule has 2 heterocycles. The van der Waals surface area contributed by atoms with Crippen molar-refractivity contribution in [3.05, 3.63) is 51.7 Å². The van der Waals surface area contributed by atoms with E-state index in [-0.39, 0.29) is 24.0 Å². The van der Waals surface area contributed by atoms with Crippen LogP contribution in [-0.2, 0) is 16.0 Å². The second-order valence-corrected chi connectivity index (χ2v) is 10.4. The Balaban J connectivity index is 1.59. The highest BCUT2D eigenvalue weighted by Gasteiger charge is 2.38. The third kappa shape index (κ3) is 6.69. The normalized spacial score (nSPS) is 16.7. The number of anilines is 1. The van der Waals surface area contributed by atoms with Gasteiger partial charge in [-0.05, 0) is 75.3 Å². The standard InChI is InChI=1S/C27H36N2O4S/c1-5-6-7-9-19(4)20-12-14-21(15-13-20)29-23(25(30)28-27(29)32)11-8-10-22-16-17-24(34-22)26(31)33-18(2)3/h12-19,23H,5-11H2,1-4H3,(H,28,30,32). The lowest BCUT2D eigenvalue weighted by molar-refractivity contribution is -0.120. The van der Waals surface area contributed by atoms with Crippen molar-refractivity contribution in [2.24, 2.45) is 0 Å². The van der Waals surface area contributed by atoms with E-state index in [0.717, 1.165) is 29.8 Å². The van der Waals surface area contributed by atoms with Crippen LogP contribution in [0.2, 0.25) is 0 Å². The summed E-state index contributed by atoms with van der Waals surface area (Å²) in [5.41, 5.74) is 2.00. The summed E-state index contributed by atoms with van der Waals surface area (Å²) in [4.78, 5) is 40.3.